The van der Waals surface area contributed by atoms with E-state index in [2.05, 4.69) is 10.3 Å². The highest BCUT2D eigenvalue weighted by atomic mass is 16.4. The van der Waals surface area contributed by atoms with Crippen molar-refractivity contribution < 1.29 is 14.7 Å². The molecule has 2 amide bonds. The van der Waals surface area contributed by atoms with Crippen LogP contribution in [0.25, 0.3) is 0 Å². The average molecular weight is 288 g/mol. The summed E-state index contributed by atoms with van der Waals surface area (Å²) in [6.45, 7) is 0.266. The Morgan fingerprint density at radius 2 is 2.10 bits per heavy atom. The molecule has 2 N–H and O–H groups in total. The van der Waals surface area contributed by atoms with E-state index < -0.39 is 12.0 Å². The van der Waals surface area contributed by atoms with Gasteiger partial charge in [0.2, 0.25) is 0 Å². The molecule has 0 spiro atoms. The second-order valence-electron chi connectivity index (χ2n) is 4.49. The normalized spacial score (nSPS) is 10.2. The molecule has 0 aliphatic heterocycles. The number of nitrogens with one attached hydrogen (secondary N) is 1. The molecule has 0 fully saturated rings. The van der Waals surface area contributed by atoms with Crippen LogP contribution in [0.5, 0.6) is 0 Å². The number of carboxylic acid groups (broad SMARTS) is 1. The van der Waals surface area contributed by atoms with Crippen molar-refractivity contribution in [2.75, 3.05) is 11.9 Å². The second kappa shape index (κ2) is 6.08. The second-order valence-corrected chi connectivity index (χ2v) is 4.49. The minimum Gasteiger partial charge on any atom is -0.478 e. The summed E-state index contributed by atoms with van der Waals surface area (Å²) < 4.78 is 1.80. The molecule has 0 saturated carbocycles. The third-order valence-electron chi connectivity index (χ3n) is 3.12. The smallest absolute Gasteiger partial charge is 0.337 e. The molecule has 0 aliphatic rings. The number of carbonyl (C=O) groups is 2. The van der Waals surface area contributed by atoms with Gasteiger partial charge in [-0.3, -0.25) is 4.90 Å². The van der Waals surface area contributed by atoms with E-state index in [9.17, 15) is 9.59 Å². The molecule has 2 rings (SSSR count). The molecule has 1 aromatic heterocycles. The highest BCUT2D eigenvalue weighted by Gasteiger charge is 2.17. The molecule has 110 valence electrons. The number of rotatable bonds is 4. The van der Waals surface area contributed by atoms with Crippen LogP contribution >= 0.6 is 0 Å². The number of hydrogen-bond acceptors (Lipinski definition) is 3. The van der Waals surface area contributed by atoms with Crippen molar-refractivity contribution >= 4 is 17.7 Å². The fourth-order valence-electron chi connectivity index (χ4n) is 1.90. The first kappa shape index (κ1) is 14.6. The fraction of sp³-hybridized carbons (Fsp3) is 0.214. The lowest BCUT2D eigenvalue weighted by Crippen LogP contribution is -2.38. The number of imidazole rings is 1. The van der Waals surface area contributed by atoms with Gasteiger partial charge >= 0.3 is 12.0 Å². The number of amides is 2. The number of benzene rings is 1. The third kappa shape index (κ3) is 3.19. The number of carbonyl (C=O) groups excluding carboxylic acids is 1. The van der Waals surface area contributed by atoms with Gasteiger partial charge in [-0.1, -0.05) is 12.1 Å². The maximum Gasteiger partial charge on any atom is 0.337 e. The van der Waals surface area contributed by atoms with Crippen molar-refractivity contribution in [1.82, 2.24) is 14.9 Å². The third-order valence-corrected chi connectivity index (χ3v) is 3.12. The standard InChI is InChI=1S/C14H16N4O3/c1-17-8-7-15-12(17)9-16-14(21)18(2)11-6-4-3-5-10(11)13(19)20/h3-8H,9H2,1-2H3,(H,16,21)(H,19,20). The quantitative estimate of drug-likeness (QED) is 0.891. The van der Waals surface area contributed by atoms with Crippen LogP contribution in [0.1, 0.15) is 16.2 Å². The Bertz CT molecular complexity index is 666. The van der Waals surface area contributed by atoms with Crippen LogP contribution in [-0.2, 0) is 13.6 Å². The predicted octanol–water partition coefficient (Wildman–Crippen LogP) is 1.46. The molecule has 2 aromatic rings. The molecule has 0 saturated heterocycles. The largest absolute Gasteiger partial charge is 0.478 e. The van der Waals surface area contributed by atoms with Crippen molar-refractivity contribution in [2.24, 2.45) is 7.05 Å². The number of anilines is 1. The number of hydrogen-bond donors (Lipinski definition) is 2. The van der Waals surface area contributed by atoms with E-state index in [1.54, 1.807) is 35.2 Å². The maximum absolute atomic E-state index is 12.1. The van der Waals surface area contributed by atoms with Crippen LogP contribution in [0.4, 0.5) is 10.5 Å². The lowest BCUT2D eigenvalue weighted by Gasteiger charge is -2.19. The van der Waals surface area contributed by atoms with Crippen LogP contribution in [-0.4, -0.2) is 33.7 Å². The Hall–Kier alpha value is -2.83. The van der Waals surface area contributed by atoms with Gasteiger partial charge in [0.15, 0.2) is 0 Å². The first-order chi connectivity index (χ1) is 10.0. The monoisotopic (exact) mass is 288 g/mol. The molecule has 7 nitrogen and oxygen atoms in total. The van der Waals surface area contributed by atoms with Crippen molar-refractivity contribution in [3.63, 3.8) is 0 Å². The predicted molar refractivity (Wildman–Crippen MR) is 77.2 cm³/mol. The molecular weight excluding hydrogens is 272 g/mol. The average Bonchev–Trinajstić information content (AvgIpc) is 2.89. The molecule has 7 heteroatoms. The number of aromatic carboxylic acids is 1. The molecular formula is C14H16N4O3. The number of carboxylic acids is 1. The van der Waals surface area contributed by atoms with Gasteiger partial charge in [0.1, 0.15) is 5.82 Å². The fourth-order valence-corrected chi connectivity index (χ4v) is 1.90. The molecule has 0 unspecified atom stereocenters. The van der Waals surface area contributed by atoms with Gasteiger partial charge in [0.05, 0.1) is 17.8 Å². The van der Waals surface area contributed by atoms with E-state index in [1.807, 2.05) is 7.05 Å². The molecule has 0 radical (unpaired) electrons. The number of nitrogens with zero attached hydrogens (tertiary/aromatic N) is 3. The SMILES string of the molecule is CN(C(=O)NCc1nccn1C)c1ccccc1C(=O)O. The van der Waals surface area contributed by atoms with Gasteiger partial charge in [-0.25, -0.2) is 14.6 Å². The summed E-state index contributed by atoms with van der Waals surface area (Å²) in [5.41, 5.74) is 0.412. The lowest BCUT2D eigenvalue weighted by atomic mass is 10.1. The summed E-state index contributed by atoms with van der Waals surface area (Å²) in [5, 5.41) is 11.8. The molecule has 0 aliphatic carbocycles. The summed E-state index contributed by atoms with van der Waals surface area (Å²) in [7, 11) is 3.35. The highest BCUT2D eigenvalue weighted by molar-refractivity contribution is 6.01. The minimum absolute atomic E-state index is 0.0761. The number of aromatic nitrogens is 2. The molecule has 0 bridgehead atoms. The topological polar surface area (TPSA) is 87.5 Å². The summed E-state index contributed by atoms with van der Waals surface area (Å²) in [6, 6.07) is 5.95. The Kier molecular flexibility index (Phi) is 4.22. The summed E-state index contributed by atoms with van der Waals surface area (Å²) in [5.74, 6) is -0.363. The molecule has 1 heterocycles. The van der Waals surface area contributed by atoms with Crippen LogP contribution in [0.3, 0.4) is 0 Å². The van der Waals surface area contributed by atoms with E-state index in [1.165, 1.54) is 18.0 Å². The van der Waals surface area contributed by atoms with Gasteiger partial charge in [0.25, 0.3) is 0 Å². The number of aryl methyl sites for hydroxylation is 1. The molecule has 1 aromatic carbocycles. The first-order valence-corrected chi connectivity index (χ1v) is 6.30. The summed E-state index contributed by atoms with van der Waals surface area (Å²) in [4.78, 5) is 28.6. The minimum atomic E-state index is -1.07. The first-order valence-electron chi connectivity index (χ1n) is 6.30. The van der Waals surface area contributed by atoms with Gasteiger partial charge in [-0.2, -0.15) is 0 Å². The highest BCUT2D eigenvalue weighted by Crippen LogP contribution is 2.19. The molecule has 0 atom stereocenters. The summed E-state index contributed by atoms with van der Waals surface area (Å²) >= 11 is 0. The lowest BCUT2D eigenvalue weighted by molar-refractivity contribution is 0.0697. The van der Waals surface area contributed by atoms with Gasteiger partial charge < -0.3 is 15.0 Å². The Balaban J connectivity index is 2.09. The van der Waals surface area contributed by atoms with Crippen molar-refractivity contribution in [3.05, 3.63) is 48.0 Å². The van der Waals surface area contributed by atoms with E-state index in [4.69, 9.17) is 5.11 Å². The van der Waals surface area contributed by atoms with Crippen molar-refractivity contribution in [3.8, 4) is 0 Å². The Morgan fingerprint density at radius 3 is 2.71 bits per heavy atom. The van der Waals surface area contributed by atoms with Gasteiger partial charge in [-0.15, -0.1) is 0 Å². The van der Waals surface area contributed by atoms with E-state index in [0.717, 1.165) is 0 Å². The van der Waals surface area contributed by atoms with Crippen LogP contribution in [0.2, 0.25) is 0 Å². The summed E-state index contributed by atoms with van der Waals surface area (Å²) in [6.07, 6.45) is 3.43. The number of para-hydroxylation sites is 1. The zero-order valence-corrected chi connectivity index (χ0v) is 11.8. The zero-order chi connectivity index (χ0) is 15.4. The van der Waals surface area contributed by atoms with Crippen LogP contribution in [0.15, 0.2) is 36.7 Å². The van der Waals surface area contributed by atoms with Crippen LogP contribution < -0.4 is 10.2 Å². The van der Waals surface area contributed by atoms with Gasteiger partial charge in [0, 0.05) is 26.5 Å². The van der Waals surface area contributed by atoms with E-state index in [-0.39, 0.29) is 12.1 Å². The maximum atomic E-state index is 12.1. The van der Waals surface area contributed by atoms with Crippen LogP contribution in [0, 0.1) is 0 Å². The molecule has 21 heavy (non-hydrogen) atoms. The van der Waals surface area contributed by atoms with E-state index >= 15 is 0 Å². The van der Waals surface area contributed by atoms with E-state index in [0.29, 0.717) is 11.5 Å². The zero-order valence-electron chi connectivity index (χ0n) is 11.8. The van der Waals surface area contributed by atoms with Crippen molar-refractivity contribution in [2.45, 2.75) is 6.54 Å². The number of urea groups is 1. The van der Waals surface area contributed by atoms with Crippen molar-refractivity contribution in [1.29, 1.82) is 0 Å². The Morgan fingerprint density at radius 1 is 1.38 bits per heavy atom. The van der Waals surface area contributed by atoms with Gasteiger partial charge in [-0.05, 0) is 12.1 Å². The Labute approximate surface area is 121 Å².